The molecule has 0 aromatic heterocycles. The molecule has 0 saturated heterocycles. The van der Waals surface area contributed by atoms with Gasteiger partial charge < -0.3 is 0 Å². The van der Waals surface area contributed by atoms with Crippen LogP contribution in [0, 0.1) is 18.6 Å². The van der Waals surface area contributed by atoms with Gasteiger partial charge in [0.15, 0.2) is 0 Å². The molecule has 0 unspecified atom stereocenters. The maximum atomic E-state index is 14.5. The Balaban J connectivity index is 1.99. The molecule has 0 atom stereocenters. The molecule has 24 heavy (non-hydrogen) atoms. The van der Waals surface area contributed by atoms with Crippen LogP contribution in [0.3, 0.4) is 0 Å². The van der Waals surface area contributed by atoms with E-state index in [1.54, 1.807) is 12.1 Å². The summed E-state index contributed by atoms with van der Waals surface area (Å²) in [5, 5.41) is 2.12. The highest BCUT2D eigenvalue weighted by atomic mass is 32.1. The molecule has 0 spiro atoms. The monoisotopic (exact) mass is 337 g/mol. The maximum Gasteiger partial charge on any atom is 0.150 e. The van der Waals surface area contributed by atoms with E-state index in [2.05, 4.69) is 22.4 Å². The summed E-state index contributed by atoms with van der Waals surface area (Å²) in [5.74, 6) is -0.967. The van der Waals surface area contributed by atoms with Crippen molar-refractivity contribution in [3.05, 3.63) is 77.9 Å². The first kappa shape index (κ1) is 16.2. The number of isothiocyanates is 1. The molecule has 0 heterocycles. The predicted molar refractivity (Wildman–Crippen MR) is 96.7 cm³/mol. The summed E-state index contributed by atoms with van der Waals surface area (Å²) in [6.45, 7) is 2.00. The molecule has 0 N–H and O–H groups in total. The van der Waals surface area contributed by atoms with Crippen molar-refractivity contribution >= 4 is 23.1 Å². The molecule has 3 aromatic carbocycles. The number of aryl methyl sites for hydroxylation is 1. The highest BCUT2D eigenvalue weighted by Gasteiger charge is 2.10. The first-order chi connectivity index (χ1) is 11.6. The van der Waals surface area contributed by atoms with Crippen LogP contribution in [0.4, 0.5) is 14.5 Å². The van der Waals surface area contributed by atoms with E-state index in [0.717, 1.165) is 16.7 Å². The summed E-state index contributed by atoms with van der Waals surface area (Å²) in [6.07, 6.45) is 0. The first-order valence-corrected chi connectivity index (χ1v) is 7.73. The second kappa shape index (κ2) is 6.83. The molecule has 0 fully saturated rings. The highest BCUT2D eigenvalue weighted by molar-refractivity contribution is 7.78. The zero-order valence-electron chi connectivity index (χ0n) is 12.9. The van der Waals surface area contributed by atoms with Gasteiger partial charge in [-0.1, -0.05) is 48.0 Å². The lowest BCUT2D eigenvalue weighted by atomic mass is 9.99. The number of aliphatic imine (C=N–C) groups is 1. The minimum Gasteiger partial charge on any atom is -0.206 e. The first-order valence-electron chi connectivity index (χ1n) is 7.33. The fourth-order valence-electron chi connectivity index (χ4n) is 2.49. The fourth-order valence-corrected chi connectivity index (χ4v) is 2.59. The summed E-state index contributed by atoms with van der Waals surface area (Å²) in [7, 11) is 0. The fraction of sp³-hybridized carbons (Fsp3) is 0.0500. The van der Waals surface area contributed by atoms with Gasteiger partial charge in [0, 0.05) is 5.56 Å². The normalized spacial score (nSPS) is 10.3. The van der Waals surface area contributed by atoms with Gasteiger partial charge in [-0.2, -0.15) is 4.99 Å². The SMILES string of the molecule is Cc1ccc(-c2ccc(-c3ccc(N=C=S)c(F)c3)c(F)c2)cc1. The van der Waals surface area contributed by atoms with Crippen LogP contribution in [0.5, 0.6) is 0 Å². The molecule has 0 aliphatic heterocycles. The van der Waals surface area contributed by atoms with Gasteiger partial charge in [0.1, 0.15) is 17.3 Å². The summed E-state index contributed by atoms with van der Waals surface area (Å²) in [4.78, 5) is 3.62. The van der Waals surface area contributed by atoms with Crippen LogP contribution in [0.2, 0.25) is 0 Å². The Bertz CT molecular complexity index is 942. The summed E-state index contributed by atoms with van der Waals surface area (Å²) >= 11 is 4.47. The van der Waals surface area contributed by atoms with Crippen LogP contribution in [0.25, 0.3) is 22.3 Å². The Morgan fingerprint density at radius 1 is 0.792 bits per heavy atom. The van der Waals surface area contributed by atoms with E-state index in [0.29, 0.717) is 11.1 Å². The van der Waals surface area contributed by atoms with Crippen molar-refractivity contribution in [2.75, 3.05) is 0 Å². The van der Waals surface area contributed by atoms with E-state index in [4.69, 9.17) is 0 Å². The Hall–Kier alpha value is -2.68. The number of halogens is 2. The van der Waals surface area contributed by atoms with E-state index in [1.807, 2.05) is 37.3 Å². The standard InChI is InChI=1S/C20H13F2NS/c1-13-2-4-14(5-3-13)15-6-8-17(18(21)10-15)16-7-9-20(23-12-24)19(22)11-16/h2-11H,1H3. The smallest absolute Gasteiger partial charge is 0.150 e. The van der Waals surface area contributed by atoms with E-state index in [1.165, 1.54) is 18.2 Å². The minimum absolute atomic E-state index is 0.0884. The molecule has 0 amide bonds. The van der Waals surface area contributed by atoms with Crippen LogP contribution < -0.4 is 0 Å². The maximum absolute atomic E-state index is 14.5. The second-order valence-electron chi connectivity index (χ2n) is 5.43. The molecule has 0 radical (unpaired) electrons. The van der Waals surface area contributed by atoms with Crippen LogP contribution >= 0.6 is 12.2 Å². The lowest BCUT2D eigenvalue weighted by Gasteiger charge is -2.08. The van der Waals surface area contributed by atoms with E-state index in [-0.39, 0.29) is 5.69 Å². The van der Waals surface area contributed by atoms with Crippen molar-refractivity contribution in [1.82, 2.24) is 0 Å². The van der Waals surface area contributed by atoms with Gasteiger partial charge in [-0.05, 0) is 54.0 Å². The number of benzene rings is 3. The van der Waals surface area contributed by atoms with Crippen LogP contribution in [0.1, 0.15) is 5.56 Å². The zero-order valence-corrected chi connectivity index (χ0v) is 13.7. The molecule has 0 bridgehead atoms. The average Bonchev–Trinajstić information content (AvgIpc) is 2.57. The van der Waals surface area contributed by atoms with E-state index < -0.39 is 11.6 Å². The molecule has 3 aromatic rings. The topological polar surface area (TPSA) is 12.4 Å². The third-order valence-electron chi connectivity index (χ3n) is 3.78. The number of rotatable bonds is 3. The number of thiocarbonyl (C=S) groups is 1. The van der Waals surface area contributed by atoms with Gasteiger partial charge in [0.2, 0.25) is 0 Å². The number of nitrogens with zero attached hydrogens (tertiary/aromatic N) is 1. The average molecular weight is 337 g/mol. The summed E-state index contributed by atoms with van der Waals surface area (Å²) in [6, 6.07) is 17.1. The van der Waals surface area contributed by atoms with Crippen molar-refractivity contribution in [3.63, 3.8) is 0 Å². The van der Waals surface area contributed by atoms with Crippen molar-refractivity contribution in [3.8, 4) is 22.3 Å². The predicted octanol–water partition coefficient (Wildman–Crippen LogP) is 6.34. The van der Waals surface area contributed by atoms with Gasteiger partial charge in [-0.25, -0.2) is 8.78 Å². The second-order valence-corrected chi connectivity index (χ2v) is 5.61. The molecule has 0 aliphatic rings. The van der Waals surface area contributed by atoms with Gasteiger partial charge >= 0.3 is 0 Å². The van der Waals surface area contributed by atoms with Crippen molar-refractivity contribution in [1.29, 1.82) is 0 Å². The molecular formula is C20H13F2NS. The van der Waals surface area contributed by atoms with Gasteiger partial charge in [-0.15, -0.1) is 0 Å². The highest BCUT2D eigenvalue weighted by Crippen LogP contribution is 2.30. The van der Waals surface area contributed by atoms with Crippen molar-refractivity contribution in [2.24, 2.45) is 4.99 Å². The van der Waals surface area contributed by atoms with E-state index in [9.17, 15) is 8.78 Å². The molecule has 0 saturated carbocycles. The molecule has 118 valence electrons. The minimum atomic E-state index is -0.563. The quantitative estimate of drug-likeness (QED) is 0.401. The third kappa shape index (κ3) is 3.30. The molecular weight excluding hydrogens is 324 g/mol. The lowest BCUT2D eigenvalue weighted by molar-refractivity contribution is 0.626. The Labute approximate surface area is 144 Å². The van der Waals surface area contributed by atoms with Crippen LogP contribution in [-0.2, 0) is 0 Å². The van der Waals surface area contributed by atoms with Gasteiger partial charge in [0.05, 0.1) is 5.16 Å². The number of hydrogen-bond donors (Lipinski definition) is 0. The van der Waals surface area contributed by atoms with Gasteiger partial charge in [0.25, 0.3) is 0 Å². The molecule has 4 heteroatoms. The van der Waals surface area contributed by atoms with Crippen LogP contribution in [0.15, 0.2) is 65.7 Å². The summed E-state index contributed by atoms with van der Waals surface area (Å²) in [5.41, 5.74) is 3.73. The lowest BCUT2D eigenvalue weighted by Crippen LogP contribution is -1.88. The molecule has 3 rings (SSSR count). The van der Waals surface area contributed by atoms with Crippen molar-refractivity contribution < 1.29 is 8.78 Å². The van der Waals surface area contributed by atoms with E-state index >= 15 is 0 Å². The van der Waals surface area contributed by atoms with Gasteiger partial charge in [-0.3, -0.25) is 0 Å². The van der Waals surface area contributed by atoms with Crippen LogP contribution in [-0.4, -0.2) is 5.16 Å². The zero-order chi connectivity index (χ0) is 17.1. The molecule has 0 aliphatic carbocycles. The number of hydrogen-bond acceptors (Lipinski definition) is 2. The Morgan fingerprint density at radius 3 is 2.04 bits per heavy atom. The molecule has 1 nitrogen and oxygen atoms in total. The Morgan fingerprint density at radius 2 is 1.42 bits per heavy atom. The third-order valence-corrected chi connectivity index (χ3v) is 3.87. The van der Waals surface area contributed by atoms with Crippen molar-refractivity contribution in [2.45, 2.75) is 6.92 Å². The largest absolute Gasteiger partial charge is 0.206 e. The summed E-state index contributed by atoms with van der Waals surface area (Å²) < 4.78 is 28.4. The Kier molecular flexibility index (Phi) is 4.61.